The normalized spacial score (nSPS) is 15.6. The zero-order chi connectivity index (χ0) is 25.9. The predicted octanol–water partition coefficient (Wildman–Crippen LogP) is 4.89. The van der Waals surface area contributed by atoms with Crippen molar-refractivity contribution in [1.82, 2.24) is 5.32 Å². The van der Waals surface area contributed by atoms with Crippen molar-refractivity contribution in [3.05, 3.63) is 0 Å². The number of likely N-dealkylation sites (N-methyl/N-ethyl adjacent to an activating group) is 1. The van der Waals surface area contributed by atoms with Gasteiger partial charge < -0.3 is 24.3 Å². The predicted molar refractivity (Wildman–Crippen MR) is 136 cm³/mol. The maximum atomic E-state index is 12.0. The molecule has 0 aromatic carbocycles. The molecule has 0 heterocycles. The Morgan fingerprint density at radius 3 is 1.85 bits per heavy atom. The van der Waals surface area contributed by atoms with Gasteiger partial charge in [0.1, 0.15) is 6.54 Å². The Hall–Kier alpha value is -0.500. The number of rotatable bonds is 23. The highest BCUT2D eigenvalue weighted by atomic mass is 31.2. The maximum Gasteiger partial charge on any atom is 0.267 e. The molecular weight excluding hydrogens is 455 g/mol. The molecule has 0 saturated carbocycles. The molecule has 3 unspecified atom stereocenters. The van der Waals surface area contributed by atoms with Crippen LogP contribution in [-0.2, 0) is 18.6 Å². The fourth-order valence-corrected chi connectivity index (χ4v) is 4.24. The van der Waals surface area contributed by atoms with Crippen LogP contribution in [0.1, 0.15) is 110 Å². The fraction of sp³-hybridized carbons (Fsp3) is 0.960. The van der Waals surface area contributed by atoms with E-state index in [0.29, 0.717) is 23.9 Å². The lowest BCUT2D eigenvalue weighted by molar-refractivity contribution is -0.876. The number of unbranched alkanes of at least 4 members (excludes halogenated alkanes) is 12. The molecule has 3 atom stereocenters. The molecule has 2 N–H and O–H groups in total. The SMILES string of the molecule is CCCCCCCCCCCCCCCC(=O)NCCC(C)OC(C[N+](C)(C)C)OP(=O)([O-])O. The van der Waals surface area contributed by atoms with Gasteiger partial charge in [0.25, 0.3) is 7.82 Å². The molecule has 0 aliphatic heterocycles. The Morgan fingerprint density at radius 1 is 0.941 bits per heavy atom. The second-order valence-corrected chi connectivity index (χ2v) is 11.7. The van der Waals surface area contributed by atoms with Crippen molar-refractivity contribution in [1.29, 1.82) is 0 Å². The van der Waals surface area contributed by atoms with Gasteiger partial charge in [-0.1, -0.05) is 84.0 Å². The number of hydrogen-bond acceptors (Lipinski definition) is 5. The van der Waals surface area contributed by atoms with Crippen LogP contribution in [0.15, 0.2) is 0 Å². The number of phosphoric ester groups is 1. The molecule has 0 rings (SSSR count). The van der Waals surface area contributed by atoms with Crippen LogP contribution < -0.4 is 10.2 Å². The maximum absolute atomic E-state index is 12.0. The number of nitrogens with one attached hydrogen (secondary N) is 1. The van der Waals surface area contributed by atoms with Crippen LogP contribution in [0, 0.1) is 0 Å². The number of amides is 1. The molecule has 0 fully saturated rings. The van der Waals surface area contributed by atoms with Gasteiger partial charge in [0, 0.05) is 13.0 Å². The van der Waals surface area contributed by atoms with Crippen LogP contribution in [0.25, 0.3) is 0 Å². The van der Waals surface area contributed by atoms with E-state index in [1.807, 2.05) is 21.1 Å². The molecule has 0 bridgehead atoms. The minimum Gasteiger partial charge on any atom is -0.756 e. The molecule has 0 aliphatic carbocycles. The summed E-state index contributed by atoms with van der Waals surface area (Å²) in [6.07, 6.45) is 16.3. The van der Waals surface area contributed by atoms with Crippen molar-refractivity contribution in [3.63, 3.8) is 0 Å². The molecular formula is C25H53N2O6P. The molecule has 8 nitrogen and oxygen atoms in total. The molecule has 34 heavy (non-hydrogen) atoms. The third kappa shape index (κ3) is 24.6. The van der Waals surface area contributed by atoms with Gasteiger partial charge in [-0.25, -0.2) is 0 Å². The lowest BCUT2D eigenvalue weighted by Crippen LogP contribution is -2.44. The monoisotopic (exact) mass is 508 g/mol. The summed E-state index contributed by atoms with van der Waals surface area (Å²) in [5.41, 5.74) is 0. The summed E-state index contributed by atoms with van der Waals surface area (Å²) >= 11 is 0. The van der Waals surface area contributed by atoms with Crippen LogP contribution in [-0.4, -0.2) is 61.9 Å². The smallest absolute Gasteiger partial charge is 0.267 e. The van der Waals surface area contributed by atoms with Gasteiger partial charge in [-0.3, -0.25) is 13.9 Å². The number of carbonyl (C=O) groups excluding carboxylic acids is 1. The van der Waals surface area contributed by atoms with E-state index < -0.39 is 14.1 Å². The average Bonchev–Trinajstić information content (AvgIpc) is 2.68. The molecule has 1 amide bonds. The summed E-state index contributed by atoms with van der Waals surface area (Å²) in [4.78, 5) is 32.1. The highest BCUT2D eigenvalue weighted by molar-refractivity contribution is 7.44. The van der Waals surface area contributed by atoms with Gasteiger partial charge in [0.2, 0.25) is 12.2 Å². The number of hydrogen-bond donors (Lipinski definition) is 2. The van der Waals surface area contributed by atoms with Gasteiger partial charge >= 0.3 is 0 Å². The lowest BCUT2D eigenvalue weighted by Gasteiger charge is -2.32. The second-order valence-electron chi connectivity index (χ2n) is 10.6. The van der Waals surface area contributed by atoms with E-state index in [2.05, 4.69) is 16.8 Å². The van der Waals surface area contributed by atoms with E-state index in [0.717, 1.165) is 12.8 Å². The van der Waals surface area contributed by atoms with Crippen LogP contribution in [0.4, 0.5) is 0 Å². The highest BCUT2D eigenvalue weighted by Crippen LogP contribution is 2.33. The summed E-state index contributed by atoms with van der Waals surface area (Å²) in [5.74, 6) is 0.0360. The van der Waals surface area contributed by atoms with E-state index >= 15 is 0 Å². The Labute approximate surface area is 209 Å². The minimum absolute atomic E-state index is 0.0360. The van der Waals surface area contributed by atoms with Gasteiger partial charge in [0.05, 0.1) is 27.2 Å². The molecule has 9 heteroatoms. The van der Waals surface area contributed by atoms with Crippen molar-refractivity contribution in [2.45, 2.75) is 123 Å². The summed E-state index contributed by atoms with van der Waals surface area (Å²) < 4.78 is 21.8. The third-order valence-electron chi connectivity index (χ3n) is 5.71. The van der Waals surface area contributed by atoms with Gasteiger partial charge in [-0.2, -0.15) is 0 Å². The molecule has 0 aromatic heterocycles. The second kappa shape index (κ2) is 19.7. The Bertz CT molecular complexity index is 550. The number of phosphoric acid groups is 1. The average molecular weight is 509 g/mol. The molecule has 0 aliphatic rings. The first-order valence-electron chi connectivity index (χ1n) is 13.4. The summed E-state index contributed by atoms with van der Waals surface area (Å²) in [7, 11) is 0.714. The number of ether oxygens (including phenoxy) is 1. The summed E-state index contributed by atoms with van der Waals surface area (Å²) in [5, 5.41) is 2.90. The van der Waals surface area contributed by atoms with Crippen molar-refractivity contribution < 1.29 is 32.9 Å². The highest BCUT2D eigenvalue weighted by Gasteiger charge is 2.25. The van der Waals surface area contributed by atoms with E-state index in [1.165, 1.54) is 70.6 Å². The molecule has 0 radical (unpaired) electrons. The van der Waals surface area contributed by atoms with Gasteiger partial charge in [-0.15, -0.1) is 0 Å². The number of carbonyl (C=O) groups is 1. The standard InChI is InChI=1S/C25H53N2O6P/c1-6-7-8-9-10-11-12-13-14-15-16-17-18-19-24(28)26-21-20-23(2)32-25(22-27(3,4)5)33-34(29,30)31/h23,25H,6-22H2,1-5H3,(H2-,26,28,29,30,31). The Kier molecular flexibility index (Phi) is 19.4. The summed E-state index contributed by atoms with van der Waals surface area (Å²) in [6.45, 7) is 4.74. The van der Waals surface area contributed by atoms with Crippen molar-refractivity contribution >= 4 is 13.7 Å². The molecule has 0 aromatic rings. The Balaban J connectivity index is 3.75. The third-order valence-corrected chi connectivity index (χ3v) is 6.21. The van der Waals surface area contributed by atoms with Crippen molar-refractivity contribution in [2.24, 2.45) is 0 Å². The topological polar surface area (TPSA) is 108 Å². The number of quaternary nitrogens is 1. The van der Waals surface area contributed by atoms with Crippen LogP contribution in [0.3, 0.4) is 0 Å². The Morgan fingerprint density at radius 2 is 1.41 bits per heavy atom. The molecule has 204 valence electrons. The van der Waals surface area contributed by atoms with Crippen LogP contribution in [0.5, 0.6) is 0 Å². The van der Waals surface area contributed by atoms with Gasteiger partial charge in [-0.05, 0) is 19.8 Å². The van der Waals surface area contributed by atoms with E-state index in [-0.39, 0.29) is 18.6 Å². The zero-order valence-electron chi connectivity index (χ0n) is 22.6. The van der Waals surface area contributed by atoms with E-state index in [1.54, 1.807) is 6.92 Å². The van der Waals surface area contributed by atoms with Crippen molar-refractivity contribution in [3.8, 4) is 0 Å². The van der Waals surface area contributed by atoms with E-state index in [9.17, 15) is 14.3 Å². The fourth-order valence-electron chi connectivity index (χ4n) is 3.83. The minimum atomic E-state index is -4.89. The molecule has 0 saturated heterocycles. The first-order chi connectivity index (χ1) is 15.9. The quantitative estimate of drug-likeness (QED) is 0.0881. The first kappa shape index (κ1) is 33.5. The lowest BCUT2D eigenvalue weighted by atomic mass is 10.0. The van der Waals surface area contributed by atoms with Gasteiger partial charge in [0.15, 0.2) is 0 Å². The first-order valence-corrected chi connectivity index (χ1v) is 14.9. The van der Waals surface area contributed by atoms with Crippen LogP contribution >= 0.6 is 7.82 Å². The summed E-state index contributed by atoms with van der Waals surface area (Å²) in [6, 6.07) is 0. The zero-order valence-corrected chi connectivity index (χ0v) is 23.5. The molecule has 0 spiro atoms. The van der Waals surface area contributed by atoms with E-state index in [4.69, 9.17) is 9.63 Å². The largest absolute Gasteiger partial charge is 0.756 e. The van der Waals surface area contributed by atoms with Crippen molar-refractivity contribution in [2.75, 3.05) is 34.2 Å². The number of nitrogens with zero attached hydrogens (tertiary/aromatic N) is 1. The van der Waals surface area contributed by atoms with Crippen LogP contribution in [0.2, 0.25) is 0 Å².